The van der Waals surface area contributed by atoms with Crippen LogP contribution in [0, 0.1) is 5.92 Å². The first-order chi connectivity index (χ1) is 10.0. The SMILES string of the molecule is CCCS(=O)(=O)CCN1CC2(CCCC2)NCC1C1CC1. The molecule has 1 unspecified atom stereocenters. The zero-order chi connectivity index (χ0) is 14.9. The molecule has 122 valence electrons. The lowest BCUT2D eigenvalue weighted by molar-refractivity contribution is 0.0748. The molecule has 2 aliphatic carbocycles. The number of sulfone groups is 1. The van der Waals surface area contributed by atoms with E-state index < -0.39 is 9.84 Å². The lowest BCUT2D eigenvalue weighted by Gasteiger charge is -2.46. The molecule has 0 aromatic rings. The van der Waals surface area contributed by atoms with Gasteiger partial charge in [-0.2, -0.15) is 0 Å². The van der Waals surface area contributed by atoms with E-state index in [1.54, 1.807) is 0 Å². The van der Waals surface area contributed by atoms with Crippen molar-refractivity contribution in [2.24, 2.45) is 5.92 Å². The van der Waals surface area contributed by atoms with Crippen molar-refractivity contribution in [2.45, 2.75) is 63.5 Å². The molecule has 0 radical (unpaired) electrons. The van der Waals surface area contributed by atoms with Crippen molar-refractivity contribution in [3.05, 3.63) is 0 Å². The van der Waals surface area contributed by atoms with Crippen LogP contribution in [0.4, 0.5) is 0 Å². The van der Waals surface area contributed by atoms with E-state index >= 15 is 0 Å². The molecule has 3 fully saturated rings. The lowest BCUT2D eigenvalue weighted by Crippen LogP contribution is -2.64. The Labute approximate surface area is 129 Å². The van der Waals surface area contributed by atoms with Gasteiger partial charge in [0, 0.05) is 37.0 Å². The maximum atomic E-state index is 12.0. The van der Waals surface area contributed by atoms with E-state index in [2.05, 4.69) is 10.2 Å². The summed E-state index contributed by atoms with van der Waals surface area (Å²) in [5.41, 5.74) is 0.292. The smallest absolute Gasteiger partial charge is 0.151 e. The quantitative estimate of drug-likeness (QED) is 0.812. The normalized spacial score (nSPS) is 30.0. The monoisotopic (exact) mass is 314 g/mol. The average Bonchev–Trinajstić information content (AvgIpc) is 3.18. The van der Waals surface area contributed by atoms with E-state index in [9.17, 15) is 8.42 Å². The summed E-state index contributed by atoms with van der Waals surface area (Å²) < 4.78 is 24.1. The maximum absolute atomic E-state index is 12.0. The highest BCUT2D eigenvalue weighted by molar-refractivity contribution is 7.91. The Balaban J connectivity index is 1.63. The first-order valence-corrected chi connectivity index (χ1v) is 10.6. The molecule has 0 aromatic carbocycles. The summed E-state index contributed by atoms with van der Waals surface area (Å²) in [6.07, 6.45) is 8.58. The summed E-state index contributed by atoms with van der Waals surface area (Å²) in [5.74, 6) is 1.50. The molecule has 3 rings (SSSR count). The van der Waals surface area contributed by atoms with Crippen molar-refractivity contribution in [3.63, 3.8) is 0 Å². The molecule has 1 atom stereocenters. The van der Waals surface area contributed by atoms with Crippen LogP contribution >= 0.6 is 0 Å². The van der Waals surface area contributed by atoms with Gasteiger partial charge in [-0.1, -0.05) is 19.8 Å². The predicted molar refractivity (Wildman–Crippen MR) is 86.2 cm³/mol. The van der Waals surface area contributed by atoms with Crippen LogP contribution in [-0.2, 0) is 9.84 Å². The lowest BCUT2D eigenvalue weighted by atomic mass is 9.91. The Morgan fingerprint density at radius 1 is 1.19 bits per heavy atom. The molecule has 0 bridgehead atoms. The zero-order valence-corrected chi connectivity index (χ0v) is 14.1. The summed E-state index contributed by atoms with van der Waals surface area (Å²) in [7, 11) is -2.86. The molecule has 0 aromatic heterocycles. The third-order valence-electron chi connectivity index (χ3n) is 5.59. The maximum Gasteiger partial charge on any atom is 0.151 e. The second kappa shape index (κ2) is 6.17. The molecule has 1 saturated heterocycles. The molecule has 1 spiro atoms. The predicted octanol–water partition coefficient (Wildman–Crippen LogP) is 1.81. The molecule has 1 aliphatic heterocycles. The van der Waals surface area contributed by atoms with Crippen LogP contribution in [0.3, 0.4) is 0 Å². The van der Waals surface area contributed by atoms with Gasteiger partial charge in [0.1, 0.15) is 0 Å². The highest BCUT2D eigenvalue weighted by atomic mass is 32.2. The van der Waals surface area contributed by atoms with Gasteiger partial charge in [0.15, 0.2) is 9.84 Å². The van der Waals surface area contributed by atoms with Crippen molar-refractivity contribution in [1.82, 2.24) is 10.2 Å². The van der Waals surface area contributed by atoms with Crippen LogP contribution in [-0.4, -0.2) is 56.0 Å². The summed E-state index contributed by atoms with van der Waals surface area (Å²) in [4.78, 5) is 2.52. The minimum absolute atomic E-state index is 0.292. The van der Waals surface area contributed by atoms with Gasteiger partial charge >= 0.3 is 0 Å². The molecule has 0 amide bonds. The van der Waals surface area contributed by atoms with Gasteiger partial charge in [0.2, 0.25) is 0 Å². The molecule has 2 saturated carbocycles. The number of hydrogen-bond acceptors (Lipinski definition) is 4. The van der Waals surface area contributed by atoms with Crippen molar-refractivity contribution in [2.75, 3.05) is 31.1 Å². The van der Waals surface area contributed by atoms with Gasteiger partial charge < -0.3 is 5.32 Å². The summed E-state index contributed by atoms with van der Waals surface area (Å²) in [6, 6.07) is 0.577. The topological polar surface area (TPSA) is 49.4 Å². The molecule has 4 nitrogen and oxygen atoms in total. The Morgan fingerprint density at radius 3 is 2.52 bits per heavy atom. The highest BCUT2D eigenvalue weighted by Gasteiger charge is 2.45. The first-order valence-electron chi connectivity index (χ1n) is 8.73. The molecule has 5 heteroatoms. The number of nitrogens with one attached hydrogen (secondary N) is 1. The van der Waals surface area contributed by atoms with Gasteiger partial charge in [0.05, 0.1) is 5.75 Å². The van der Waals surface area contributed by atoms with E-state index in [-0.39, 0.29) is 0 Å². The Bertz CT molecular complexity index is 453. The fourth-order valence-electron chi connectivity index (χ4n) is 4.26. The van der Waals surface area contributed by atoms with Crippen LogP contribution in [0.25, 0.3) is 0 Å². The van der Waals surface area contributed by atoms with E-state index in [1.807, 2.05) is 6.92 Å². The summed E-state index contributed by atoms with van der Waals surface area (Å²) in [5, 5.41) is 3.83. The van der Waals surface area contributed by atoms with E-state index in [1.165, 1.54) is 38.5 Å². The molecule has 21 heavy (non-hydrogen) atoms. The third kappa shape index (κ3) is 3.80. The van der Waals surface area contributed by atoms with Crippen molar-refractivity contribution in [3.8, 4) is 0 Å². The molecule has 1 N–H and O–H groups in total. The van der Waals surface area contributed by atoms with Gasteiger partial charge in [-0.3, -0.25) is 4.90 Å². The molecular weight excluding hydrogens is 284 g/mol. The fourth-order valence-corrected chi connectivity index (χ4v) is 5.60. The Kier molecular flexibility index (Phi) is 4.63. The Morgan fingerprint density at radius 2 is 1.90 bits per heavy atom. The Hall–Kier alpha value is -0.130. The minimum atomic E-state index is -2.86. The highest BCUT2D eigenvalue weighted by Crippen LogP contribution is 2.40. The van der Waals surface area contributed by atoms with Crippen LogP contribution in [0.15, 0.2) is 0 Å². The largest absolute Gasteiger partial charge is 0.308 e. The second-order valence-corrected chi connectivity index (χ2v) is 9.70. The number of piperazine rings is 1. The third-order valence-corrected chi connectivity index (χ3v) is 7.43. The zero-order valence-electron chi connectivity index (χ0n) is 13.3. The number of nitrogens with zero attached hydrogens (tertiary/aromatic N) is 1. The molecule has 1 heterocycles. The van der Waals surface area contributed by atoms with Crippen molar-refractivity contribution >= 4 is 9.84 Å². The van der Waals surface area contributed by atoms with Crippen molar-refractivity contribution < 1.29 is 8.42 Å². The van der Waals surface area contributed by atoms with Crippen molar-refractivity contribution in [1.29, 1.82) is 0 Å². The summed E-state index contributed by atoms with van der Waals surface area (Å²) in [6.45, 7) is 4.82. The van der Waals surface area contributed by atoms with Gasteiger partial charge in [0.25, 0.3) is 0 Å². The first kappa shape index (κ1) is 15.8. The van der Waals surface area contributed by atoms with Crippen LogP contribution in [0.2, 0.25) is 0 Å². The number of rotatable bonds is 6. The van der Waals surface area contributed by atoms with Gasteiger partial charge in [-0.25, -0.2) is 8.42 Å². The standard InChI is InChI=1S/C16H30N2O2S/c1-2-10-21(19,20)11-9-18-13-16(7-3-4-8-16)17-12-15(18)14-5-6-14/h14-15,17H,2-13H2,1H3. The molecular formula is C16H30N2O2S. The number of hydrogen-bond donors (Lipinski definition) is 1. The average molecular weight is 314 g/mol. The second-order valence-electron chi connectivity index (χ2n) is 7.40. The van der Waals surface area contributed by atoms with E-state index in [0.29, 0.717) is 23.1 Å². The van der Waals surface area contributed by atoms with E-state index in [0.717, 1.165) is 32.0 Å². The summed E-state index contributed by atoms with van der Waals surface area (Å²) >= 11 is 0. The minimum Gasteiger partial charge on any atom is -0.308 e. The van der Waals surface area contributed by atoms with Gasteiger partial charge in [-0.15, -0.1) is 0 Å². The van der Waals surface area contributed by atoms with Gasteiger partial charge in [-0.05, 0) is 38.0 Å². The van der Waals surface area contributed by atoms with Crippen LogP contribution in [0.1, 0.15) is 51.9 Å². The van der Waals surface area contributed by atoms with Crippen LogP contribution < -0.4 is 5.32 Å². The molecule has 3 aliphatic rings. The fraction of sp³-hybridized carbons (Fsp3) is 1.00. The van der Waals surface area contributed by atoms with Crippen LogP contribution in [0.5, 0.6) is 0 Å². The van der Waals surface area contributed by atoms with E-state index in [4.69, 9.17) is 0 Å².